The molecule has 0 spiro atoms. The topological polar surface area (TPSA) is 103 Å². The zero-order chi connectivity index (χ0) is 12.3. The maximum absolute atomic E-state index is 11.7. The maximum atomic E-state index is 11.7. The fraction of sp³-hybridized carbons (Fsp3) is 0.700. The molecule has 0 aliphatic heterocycles. The third kappa shape index (κ3) is 2.73. The summed E-state index contributed by atoms with van der Waals surface area (Å²) < 4.78 is 9.42. The van der Waals surface area contributed by atoms with Gasteiger partial charge in [0.15, 0.2) is 0 Å². The molecule has 0 unspecified atom stereocenters. The van der Waals surface area contributed by atoms with Gasteiger partial charge in [0.2, 0.25) is 11.5 Å². The van der Waals surface area contributed by atoms with Crippen LogP contribution in [-0.4, -0.2) is 36.5 Å². The molecule has 0 aromatic carbocycles. The Kier molecular flexibility index (Phi) is 3.28. The van der Waals surface area contributed by atoms with Crippen LogP contribution in [0.1, 0.15) is 29.8 Å². The highest BCUT2D eigenvalue weighted by atomic mass is 16.6. The van der Waals surface area contributed by atoms with Gasteiger partial charge >= 0.3 is 0 Å². The monoisotopic (exact) mass is 240 g/mol. The summed E-state index contributed by atoms with van der Waals surface area (Å²) in [5.41, 5.74) is 5.67. The first-order chi connectivity index (χ1) is 8.17. The molecule has 1 amide bonds. The Morgan fingerprint density at radius 1 is 1.59 bits per heavy atom. The largest absolute Gasteiger partial charge is 0.385 e. The lowest BCUT2D eigenvalue weighted by Gasteiger charge is -2.14. The van der Waals surface area contributed by atoms with Gasteiger partial charge in [0.25, 0.3) is 5.91 Å². The third-order valence-corrected chi connectivity index (χ3v) is 3.15. The van der Waals surface area contributed by atoms with E-state index in [1.54, 1.807) is 7.11 Å². The molecule has 1 aliphatic carbocycles. The number of nitrogens with one attached hydrogen (secondary N) is 1. The molecule has 1 aromatic rings. The van der Waals surface area contributed by atoms with Crippen LogP contribution >= 0.6 is 0 Å². The molecule has 2 rings (SSSR count). The number of aromatic nitrogens is 2. The number of carbonyl (C=O) groups excluding carboxylic acids is 1. The number of methoxy groups -OCH3 is 1. The van der Waals surface area contributed by atoms with Crippen molar-refractivity contribution >= 4 is 11.7 Å². The van der Waals surface area contributed by atoms with E-state index in [0.717, 1.165) is 19.3 Å². The van der Waals surface area contributed by atoms with E-state index in [4.69, 9.17) is 10.5 Å². The average molecular weight is 240 g/mol. The van der Waals surface area contributed by atoms with Crippen LogP contribution in [0, 0.1) is 5.41 Å². The summed E-state index contributed by atoms with van der Waals surface area (Å²) in [7, 11) is 1.68. The summed E-state index contributed by atoms with van der Waals surface area (Å²) in [6, 6.07) is 0. The first kappa shape index (κ1) is 11.8. The van der Waals surface area contributed by atoms with Crippen LogP contribution in [0.2, 0.25) is 0 Å². The van der Waals surface area contributed by atoms with Crippen LogP contribution in [0.25, 0.3) is 0 Å². The Hall–Kier alpha value is -1.63. The van der Waals surface area contributed by atoms with Crippen molar-refractivity contribution in [2.24, 2.45) is 5.41 Å². The molecule has 1 aliphatic rings. The molecule has 1 fully saturated rings. The van der Waals surface area contributed by atoms with E-state index < -0.39 is 0 Å². The highest BCUT2D eigenvalue weighted by Crippen LogP contribution is 2.48. The number of nitrogens with zero attached hydrogens (tertiary/aromatic N) is 2. The van der Waals surface area contributed by atoms with E-state index >= 15 is 0 Å². The molecule has 7 nitrogen and oxygen atoms in total. The molecular weight excluding hydrogens is 224 g/mol. The molecule has 0 bridgehead atoms. The van der Waals surface area contributed by atoms with Gasteiger partial charge < -0.3 is 15.8 Å². The van der Waals surface area contributed by atoms with Crippen molar-refractivity contribution in [1.29, 1.82) is 0 Å². The second kappa shape index (κ2) is 4.70. The number of hydrogen-bond donors (Lipinski definition) is 2. The van der Waals surface area contributed by atoms with E-state index in [1.165, 1.54) is 0 Å². The number of nitrogen functional groups attached to an aromatic ring is 1. The minimum atomic E-state index is -0.340. The van der Waals surface area contributed by atoms with Crippen LogP contribution in [-0.2, 0) is 4.74 Å². The van der Waals surface area contributed by atoms with Crippen molar-refractivity contribution in [3.8, 4) is 0 Å². The van der Waals surface area contributed by atoms with Crippen LogP contribution in [0.15, 0.2) is 4.63 Å². The van der Waals surface area contributed by atoms with Gasteiger partial charge in [0.05, 0.1) is 0 Å². The first-order valence-electron chi connectivity index (χ1n) is 5.52. The second-order valence-corrected chi connectivity index (χ2v) is 4.42. The fourth-order valence-corrected chi connectivity index (χ4v) is 1.72. The van der Waals surface area contributed by atoms with Crippen LogP contribution < -0.4 is 11.1 Å². The van der Waals surface area contributed by atoms with E-state index in [1.807, 2.05) is 0 Å². The van der Waals surface area contributed by atoms with Gasteiger partial charge in [-0.1, -0.05) is 0 Å². The molecule has 94 valence electrons. The standard InChI is InChI=1S/C10H16N4O3/c1-16-5-4-10(2-3-10)6-12-9(15)7-8(11)14-17-13-7/h2-6H2,1H3,(H2,11,14)(H,12,15). The SMILES string of the molecule is COCCC1(CNC(=O)c2nonc2N)CC1. The molecule has 7 heteroatoms. The Bertz CT molecular complexity index is 400. The molecule has 1 heterocycles. The maximum Gasteiger partial charge on any atom is 0.277 e. The van der Waals surface area contributed by atoms with Gasteiger partial charge in [-0.05, 0) is 35.0 Å². The molecule has 0 radical (unpaired) electrons. The second-order valence-electron chi connectivity index (χ2n) is 4.42. The molecule has 17 heavy (non-hydrogen) atoms. The number of rotatable bonds is 6. The summed E-state index contributed by atoms with van der Waals surface area (Å²) in [5.74, 6) is -0.323. The van der Waals surface area contributed by atoms with Gasteiger partial charge in [0.1, 0.15) is 0 Å². The van der Waals surface area contributed by atoms with Gasteiger partial charge in [-0.2, -0.15) is 0 Å². The molecule has 0 atom stereocenters. The number of hydrogen-bond acceptors (Lipinski definition) is 6. The molecule has 1 aromatic heterocycles. The number of ether oxygens (including phenoxy) is 1. The predicted molar refractivity (Wildman–Crippen MR) is 59.2 cm³/mol. The normalized spacial score (nSPS) is 16.8. The molecular formula is C10H16N4O3. The average Bonchev–Trinajstić information content (AvgIpc) is 2.98. The van der Waals surface area contributed by atoms with Crippen molar-refractivity contribution in [2.75, 3.05) is 26.0 Å². The summed E-state index contributed by atoms with van der Waals surface area (Å²) >= 11 is 0. The summed E-state index contributed by atoms with van der Waals surface area (Å²) in [6.07, 6.45) is 3.18. The minimum Gasteiger partial charge on any atom is -0.385 e. The van der Waals surface area contributed by atoms with E-state index in [-0.39, 0.29) is 22.8 Å². The smallest absolute Gasteiger partial charge is 0.277 e. The van der Waals surface area contributed by atoms with Gasteiger partial charge in [-0.15, -0.1) is 0 Å². The van der Waals surface area contributed by atoms with E-state index in [0.29, 0.717) is 13.2 Å². The lowest BCUT2D eigenvalue weighted by atomic mass is 10.0. The zero-order valence-electron chi connectivity index (χ0n) is 9.73. The molecule has 0 saturated heterocycles. The highest BCUT2D eigenvalue weighted by molar-refractivity contribution is 5.95. The Balaban J connectivity index is 1.83. The predicted octanol–water partition coefficient (Wildman–Crippen LogP) is 0.198. The van der Waals surface area contributed by atoms with Crippen LogP contribution in [0.4, 0.5) is 5.82 Å². The number of carbonyl (C=O) groups is 1. The Morgan fingerprint density at radius 2 is 2.35 bits per heavy atom. The zero-order valence-corrected chi connectivity index (χ0v) is 9.73. The van der Waals surface area contributed by atoms with Crippen LogP contribution in [0.5, 0.6) is 0 Å². The Morgan fingerprint density at radius 3 is 2.88 bits per heavy atom. The van der Waals surface area contributed by atoms with Gasteiger partial charge in [-0.3, -0.25) is 4.79 Å². The molecule has 3 N–H and O–H groups in total. The fourth-order valence-electron chi connectivity index (χ4n) is 1.72. The minimum absolute atomic E-state index is 0.0178. The Labute approximate surface area is 98.6 Å². The number of anilines is 1. The summed E-state index contributed by atoms with van der Waals surface area (Å²) in [6.45, 7) is 1.32. The highest BCUT2D eigenvalue weighted by Gasteiger charge is 2.42. The summed E-state index contributed by atoms with van der Waals surface area (Å²) in [4.78, 5) is 11.7. The van der Waals surface area contributed by atoms with Gasteiger partial charge in [-0.25, -0.2) is 4.63 Å². The van der Waals surface area contributed by atoms with Crippen LogP contribution in [0.3, 0.4) is 0 Å². The van der Waals surface area contributed by atoms with Crippen molar-refractivity contribution in [3.63, 3.8) is 0 Å². The quantitative estimate of drug-likeness (QED) is 0.736. The van der Waals surface area contributed by atoms with Crippen molar-refractivity contribution in [3.05, 3.63) is 5.69 Å². The van der Waals surface area contributed by atoms with Gasteiger partial charge in [0, 0.05) is 20.3 Å². The van der Waals surface area contributed by atoms with Crippen molar-refractivity contribution in [1.82, 2.24) is 15.6 Å². The van der Waals surface area contributed by atoms with Crippen molar-refractivity contribution in [2.45, 2.75) is 19.3 Å². The van der Waals surface area contributed by atoms with Crippen molar-refractivity contribution < 1.29 is 14.2 Å². The molecule has 1 saturated carbocycles. The third-order valence-electron chi connectivity index (χ3n) is 3.15. The lowest BCUT2D eigenvalue weighted by molar-refractivity contribution is 0.0928. The number of amides is 1. The first-order valence-corrected chi connectivity index (χ1v) is 5.52. The van der Waals surface area contributed by atoms with E-state index in [2.05, 4.69) is 20.3 Å². The lowest BCUT2D eigenvalue weighted by Crippen LogP contribution is -2.31. The number of nitrogens with two attached hydrogens (primary N) is 1. The van der Waals surface area contributed by atoms with E-state index in [9.17, 15) is 4.79 Å². The summed E-state index contributed by atoms with van der Waals surface area (Å²) in [5, 5.41) is 9.61.